The predicted octanol–water partition coefficient (Wildman–Crippen LogP) is 4.47. The third-order valence-corrected chi connectivity index (χ3v) is 7.86. The zero-order chi connectivity index (χ0) is 21.4. The van der Waals surface area contributed by atoms with Crippen LogP contribution in [0.3, 0.4) is 0 Å². The number of likely N-dealkylation sites (tertiary alicyclic amines) is 1. The molecular weight excluding hydrogens is 408 g/mol. The Hall–Kier alpha value is -1.85. The summed E-state index contributed by atoms with van der Waals surface area (Å²) in [5, 5.41) is 0.795. The molecule has 1 aromatic carbocycles. The number of amides is 1. The largest absolute Gasteiger partial charge is 0.340 e. The van der Waals surface area contributed by atoms with Gasteiger partial charge < -0.3 is 9.47 Å². The van der Waals surface area contributed by atoms with Crippen LogP contribution in [0.4, 0.5) is 0 Å². The SMILES string of the molecule is Cn1cnc(C(=O)N(CC2CCCCC2)CC2C3CN(Cc4ccc(Cl)cc4)CC32)c1. The standard InChI is InChI=1S/C25H33ClN4O/c1-28-16-24(27-17-28)25(31)30(12-18-5-3-2-4-6-18)15-23-21-13-29(14-22(21)23)11-19-7-9-20(26)10-8-19/h7-10,16-18,21-23H,2-6,11-15H2,1H3. The van der Waals surface area contributed by atoms with Crippen molar-refractivity contribution in [3.8, 4) is 0 Å². The van der Waals surface area contributed by atoms with Crippen molar-refractivity contribution in [3.63, 3.8) is 0 Å². The van der Waals surface area contributed by atoms with Gasteiger partial charge in [0.15, 0.2) is 0 Å². The first kappa shape index (κ1) is 21.0. The number of benzene rings is 1. The van der Waals surface area contributed by atoms with Crippen molar-refractivity contribution < 1.29 is 4.79 Å². The zero-order valence-electron chi connectivity index (χ0n) is 18.4. The van der Waals surface area contributed by atoms with E-state index >= 15 is 0 Å². The van der Waals surface area contributed by atoms with Gasteiger partial charge >= 0.3 is 0 Å². The molecule has 2 heterocycles. The van der Waals surface area contributed by atoms with E-state index in [1.54, 1.807) is 6.33 Å². The van der Waals surface area contributed by atoms with Gasteiger partial charge in [-0.2, -0.15) is 0 Å². The molecule has 5 rings (SSSR count). The van der Waals surface area contributed by atoms with Crippen LogP contribution in [0, 0.1) is 23.7 Å². The van der Waals surface area contributed by atoms with Crippen LogP contribution in [0.1, 0.15) is 48.2 Å². The maximum absolute atomic E-state index is 13.3. The van der Waals surface area contributed by atoms with Gasteiger partial charge in [0.2, 0.25) is 0 Å². The summed E-state index contributed by atoms with van der Waals surface area (Å²) in [6.07, 6.45) is 10.1. The van der Waals surface area contributed by atoms with Gasteiger partial charge in [-0.1, -0.05) is 43.0 Å². The summed E-state index contributed by atoms with van der Waals surface area (Å²) in [5.41, 5.74) is 1.92. The molecular formula is C25H33ClN4O. The third kappa shape index (κ3) is 4.83. The lowest BCUT2D eigenvalue weighted by Gasteiger charge is -2.30. The highest BCUT2D eigenvalue weighted by Gasteiger charge is 2.56. The minimum atomic E-state index is 0.120. The number of aromatic nitrogens is 2. The third-order valence-electron chi connectivity index (χ3n) is 7.61. The Balaban J connectivity index is 1.19. The average molecular weight is 441 g/mol. The summed E-state index contributed by atoms with van der Waals surface area (Å²) in [4.78, 5) is 22.3. The molecule has 1 saturated heterocycles. The molecule has 0 bridgehead atoms. The van der Waals surface area contributed by atoms with Gasteiger partial charge in [-0.05, 0) is 54.2 Å². The van der Waals surface area contributed by atoms with Crippen LogP contribution in [0.5, 0.6) is 0 Å². The number of nitrogens with zero attached hydrogens (tertiary/aromatic N) is 4. The number of aryl methyl sites for hydroxylation is 1. The fraction of sp³-hybridized carbons (Fsp3) is 0.600. The summed E-state index contributed by atoms with van der Waals surface area (Å²) in [6, 6.07) is 8.20. The lowest BCUT2D eigenvalue weighted by molar-refractivity contribution is 0.0687. The molecule has 5 nitrogen and oxygen atoms in total. The molecule has 1 aromatic heterocycles. The van der Waals surface area contributed by atoms with Crippen LogP contribution in [-0.2, 0) is 13.6 Å². The molecule has 0 N–H and O–H groups in total. The molecule has 2 saturated carbocycles. The number of hydrogen-bond donors (Lipinski definition) is 0. The lowest BCUT2D eigenvalue weighted by Crippen LogP contribution is -2.39. The molecule has 6 heteroatoms. The summed E-state index contributed by atoms with van der Waals surface area (Å²) >= 11 is 6.02. The van der Waals surface area contributed by atoms with Crippen molar-refractivity contribution >= 4 is 17.5 Å². The molecule has 2 aliphatic carbocycles. The maximum atomic E-state index is 13.3. The van der Waals surface area contributed by atoms with Gasteiger partial charge in [0.25, 0.3) is 5.91 Å². The Morgan fingerprint density at radius 3 is 2.45 bits per heavy atom. The average Bonchev–Trinajstić information content (AvgIpc) is 3.11. The van der Waals surface area contributed by atoms with Gasteiger partial charge in [0.05, 0.1) is 6.33 Å². The predicted molar refractivity (Wildman–Crippen MR) is 123 cm³/mol. The van der Waals surface area contributed by atoms with E-state index in [0.29, 0.717) is 17.5 Å². The number of piperidine rings is 1. The van der Waals surface area contributed by atoms with Crippen molar-refractivity contribution in [2.45, 2.75) is 38.6 Å². The Bertz CT molecular complexity index is 893. The van der Waals surface area contributed by atoms with Crippen LogP contribution in [0.2, 0.25) is 5.02 Å². The molecule has 0 spiro atoms. The van der Waals surface area contributed by atoms with Crippen molar-refractivity contribution in [1.29, 1.82) is 0 Å². The highest BCUT2D eigenvalue weighted by molar-refractivity contribution is 6.30. The first-order valence-corrected chi connectivity index (χ1v) is 12.2. The number of halogens is 1. The highest BCUT2D eigenvalue weighted by Crippen LogP contribution is 2.52. The monoisotopic (exact) mass is 440 g/mol. The van der Waals surface area contributed by atoms with Crippen molar-refractivity contribution in [1.82, 2.24) is 19.4 Å². The zero-order valence-corrected chi connectivity index (χ0v) is 19.2. The molecule has 31 heavy (non-hydrogen) atoms. The molecule has 2 unspecified atom stereocenters. The second-order valence-corrected chi connectivity index (χ2v) is 10.4. The van der Waals surface area contributed by atoms with Crippen molar-refractivity contribution in [2.24, 2.45) is 30.7 Å². The molecule has 0 radical (unpaired) electrons. The van der Waals surface area contributed by atoms with E-state index in [4.69, 9.17) is 11.6 Å². The van der Waals surface area contributed by atoms with Gasteiger partial charge in [-0.15, -0.1) is 0 Å². The summed E-state index contributed by atoms with van der Waals surface area (Å²) in [6.45, 7) is 5.09. The summed E-state index contributed by atoms with van der Waals surface area (Å²) < 4.78 is 1.87. The fourth-order valence-electron chi connectivity index (χ4n) is 5.85. The van der Waals surface area contributed by atoms with Crippen LogP contribution < -0.4 is 0 Å². The first-order valence-electron chi connectivity index (χ1n) is 11.8. The molecule has 1 aliphatic heterocycles. The molecule has 3 aliphatic rings. The van der Waals surface area contributed by atoms with E-state index in [0.717, 1.165) is 49.6 Å². The minimum absolute atomic E-state index is 0.120. The smallest absolute Gasteiger partial charge is 0.274 e. The van der Waals surface area contributed by atoms with E-state index in [9.17, 15) is 4.79 Å². The first-order chi connectivity index (χ1) is 15.1. The van der Waals surface area contributed by atoms with Crippen molar-refractivity contribution in [2.75, 3.05) is 26.2 Å². The lowest BCUT2D eigenvalue weighted by atomic mass is 9.89. The quantitative estimate of drug-likeness (QED) is 0.637. The fourth-order valence-corrected chi connectivity index (χ4v) is 5.97. The van der Waals surface area contributed by atoms with E-state index in [-0.39, 0.29) is 5.91 Å². The number of imidazole rings is 1. The number of rotatable bonds is 7. The van der Waals surface area contributed by atoms with Crippen molar-refractivity contribution in [3.05, 3.63) is 53.1 Å². The topological polar surface area (TPSA) is 41.4 Å². The Labute approximate surface area is 190 Å². The van der Waals surface area contributed by atoms with E-state index in [1.165, 1.54) is 37.7 Å². The Morgan fingerprint density at radius 2 is 1.81 bits per heavy atom. The number of fused-ring (bicyclic) bond motifs is 1. The molecule has 2 atom stereocenters. The molecule has 166 valence electrons. The van der Waals surface area contributed by atoms with E-state index in [1.807, 2.05) is 29.9 Å². The van der Waals surface area contributed by atoms with Gasteiger partial charge in [0, 0.05) is 51.0 Å². The number of carbonyl (C=O) groups excluding carboxylic acids is 1. The second-order valence-electron chi connectivity index (χ2n) is 9.95. The van der Waals surface area contributed by atoms with Gasteiger partial charge in [0.1, 0.15) is 5.69 Å². The van der Waals surface area contributed by atoms with Crippen LogP contribution in [0.15, 0.2) is 36.8 Å². The normalized spacial score (nSPS) is 26.1. The minimum Gasteiger partial charge on any atom is -0.340 e. The van der Waals surface area contributed by atoms with E-state index in [2.05, 4.69) is 26.9 Å². The summed E-state index contributed by atoms with van der Waals surface area (Å²) in [7, 11) is 1.93. The molecule has 1 amide bonds. The Kier molecular flexibility index (Phi) is 6.07. The maximum Gasteiger partial charge on any atom is 0.274 e. The second kappa shape index (κ2) is 8.95. The van der Waals surface area contributed by atoms with Crippen LogP contribution >= 0.6 is 11.6 Å². The van der Waals surface area contributed by atoms with Gasteiger partial charge in [-0.25, -0.2) is 4.98 Å². The van der Waals surface area contributed by atoms with Crippen LogP contribution in [-0.4, -0.2) is 51.4 Å². The van der Waals surface area contributed by atoms with Crippen LogP contribution in [0.25, 0.3) is 0 Å². The summed E-state index contributed by atoms with van der Waals surface area (Å²) in [5.74, 6) is 2.89. The molecule has 3 fully saturated rings. The van der Waals surface area contributed by atoms with Gasteiger partial charge in [-0.3, -0.25) is 9.69 Å². The highest BCUT2D eigenvalue weighted by atomic mass is 35.5. The number of hydrogen-bond acceptors (Lipinski definition) is 3. The Morgan fingerprint density at radius 1 is 1.10 bits per heavy atom. The number of carbonyl (C=O) groups is 1. The molecule has 2 aromatic rings. The van der Waals surface area contributed by atoms with E-state index < -0.39 is 0 Å².